The highest BCUT2D eigenvalue weighted by Crippen LogP contribution is 2.18. The predicted octanol–water partition coefficient (Wildman–Crippen LogP) is 0.428. The van der Waals surface area contributed by atoms with E-state index in [1.54, 1.807) is 0 Å². The fourth-order valence-electron chi connectivity index (χ4n) is 2.15. The standard InChI is InChI=1S/C11H13N5O/c12-11(17)8-7-13-9-3-4-10(14-16(8)9)15-5-1-2-6-15/h3-4,7H,1-2,5-6H2,(H2,12,17). The van der Waals surface area contributed by atoms with Gasteiger partial charge in [0.05, 0.1) is 6.20 Å². The summed E-state index contributed by atoms with van der Waals surface area (Å²) < 4.78 is 1.51. The van der Waals surface area contributed by atoms with Crippen LogP contribution in [0.15, 0.2) is 18.3 Å². The third-order valence-corrected chi connectivity index (χ3v) is 3.03. The van der Waals surface area contributed by atoms with Crippen LogP contribution in [0.4, 0.5) is 5.82 Å². The Bertz CT molecular complexity index is 570. The molecule has 0 unspecified atom stereocenters. The minimum absolute atomic E-state index is 0.320. The highest BCUT2D eigenvalue weighted by atomic mass is 16.1. The van der Waals surface area contributed by atoms with Crippen molar-refractivity contribution in [3.8, 4) is 0 Å². The number of amides is 1. The van der Waals surface area contributed by atoms with Crippen molar-refractivity contribution < 1.29 is 4.79 Å². The number of nitrogens with two attached hydrogens (primary N) is 1. The first kappa shape index (κ1) is 10.1. The van der Waals surface area contributed by atoms with E-state index in [1.165, 1.54) is 23.6 Å². The minimum Gasteiger partial charge on any atom is -0.364 e. The van der Waals surface area contributed by atoms with E-state index in [4.69, 9.17) is 5.73 Å². The average Bonchev–Trinajstić information content (AvgIpc) is 2.97. The molecule has 0 spiro atoms. The average molecular weight is 231 g/mol. The van der Waals surface area contributed by atoms with Gasteiger partial charge in [0, 0.05) is 13.1 Å². The Hall–Kier alpha value is -2.11. The molecule has 0 atom stereocenters. The van der Waals surface area contributed by atoms with Gasteiger partial charge in [-0.1, -0.05) is 0 Å². The monoisotopic (exact) mass is 231 g/mol. The van der Waals surface area contributed by atoms with Crippen LogP contribution in [0.1, 0.15) is 23.3 Å². The second-order valence-corrected chi connectivity index (χ2v) is 4.16. The third kappa shape index (κ3) is 1.61. The first-order chi connectivity index (χ1) is 8.25. The molecule has 1 aliphatic rings. The van der Waals surface area contributed by atoms with Crippen molar-refractivity contribution in [2.45, 2.75) is 12.8 Å². The van der Waals surface area contributed by atoms with Crippen molar-refractivity contribution in [3.05, 3.63) is 24.0 Å². The number of carbonyl (C=O) groups excluding carboxylic acids is 1. The maximum absolute atomic E-state index is 11.2. The number of imidazole rings is 1. The molecule has 3 heterocycles. The van der Waals surface area contributed by atoms with Gasteiger partial charge in [-0.2, -0.15) is 0 Å². The molecule has 2 N–H and O–H groups in total. The molecule has 1 fully saturated rings. The molecule has 1 aliphatic heterocycles. The van der Waals surface area contributed by atoms with E-state index < -0.39 is 5.91 Å². The normalized spacial score (nSPS) is 15.6. The molecule has 17 heavy (non-hydrogen) atoms. The molecular formula is C11H13N5O. The van der Waals surface area contributed by atoms with Crippen molar-refractivity contribution in [3.63, 3.8) is 0 Å². The van der Waals surface area contributed by atoms with Crippen LogP contribution in [0.2, 0.25) is 0 Å². The van der Waals surface area contributed by atoms with E-state index in [0.717, 1.165) is 18.9 Å². The molecule has 0 aliphatic carbocycles. The number of nitrogens with zero attached hydrogens (tertiary/aromatic N) is 4. The number of rotatable bonds is 2. The van der Waals surface area contributed by atoms with Crippen LogP contribution in [-0.2, 0) is 0 Å². The van der Waals surface area contributed by atoms with E-state index in [2.05, 4.69) is 15.0 Å². The number of aromatic nitrogens is 3. The van der Waals surface area contributed by atoms with Gasteiger partial charge < -0.3 is 10.6 Å². The van der Waals surface area contributed by atoms with E-state index in [0.29, 0.717) is 11.3 Å². The lowest BCUT2D eigenvalue weighted by atomic mass is 10.4. The quantitative estimate of drug-likeness (QED) is 0.813. The number of fused-ring (bicyclic) bond motifs is 1. The Morgan fingerprint density at radius 2 is 2.06 bits per heavy atom. The van der Waals surface area contributed by atoms with Gasteiger partial charge in [-0.3, -0.25) is 4.79 Å². The number of hydrogen-bond donors (Lipinski definition) is 1. The number of primary amides is 1. The Balaban J connectivity index is 2.09. The Labute approximate surface area is 98.0 Å². The van der Waals surface area contributed by atoms with Gasteiger partial charge in [-0.05, 0) is 25.0 Å². The van der Waals surface area contributed by atoms with Crippen LogP contribution >= 0.6 is 0 Å². The molecule has 1 saturated heterocycles. The molecule has 6 nitrogen and oxygen atoms in total. The Morgan fingerprint density at radius 1 is 1.29 bits per heavy atom. The molecule has 0 radical (unpaired) electrons. The highest BCUT2D eigenvalue weighted by molar-refractivity contribution is 5.91. The van der Waals surface area contributed by atoms with Gasteiger partial charge in [0.1, 0.15) is 11.5 Å². The van der Waals surface area contributed by atoms with Crippen LogP contribution in [0, 0.1) is 0 Å². The Kier molecular flexibility index (Phi) is 2.21. The van der Waals surface area contributed by atoms with Crippen molar-refractivity contribution in [1.29, 1.82) is 0 Å². The number of hydrogen-bond acceptors (Lipinski definition) is 4. The number of anilines is 1. The van der Waals surface area contributed by atoms with Gasteiger partial charge in [0.2, 0.25) is 0 Å². The van der Waals surface area contributed by atoms with Crippen molar-refractivity contribution >= 4 is 17.4 Å². The van der Waals surface area contributed by atoms with E-state index >= 15 is 0 Å². The molecule has 0 aromatic carbocycles. The highest BCUT2D eigenvalue weighted by Gasteiger charge is 2.16. The van der Waals surface area contributed by atoms with Crippen molar-refractivity contribution in [2.24, 2.45) is 5.73 Å². The van der Waals surface area contributed by atoms with E-state index in [1.807, 2.05) is 12.1 Å². The summed E-state index contributed by atoms with van der Waals surface area (Å²) in [4.78, 5) is 17.5. The zero-order valence-electron chi connectivity index (χ0n) is 9.33. The summed E-state index contributed by atoms with van der Waals surface area (Å²) in [7, 11) is 0. The zero-order chi connectivity index (χ0) is 11.8. The Morgan fingerprint density at radius 3 is 2.76 bits per heavy atom. The lowest BCUT2D eigenvalue weighted by molar-refractivity contribution is 0.0993. The molecule has 6 heteroatoms. The SMILES string of the molecule is NC(=O)c1cnc2ccc(N3CCCC3)nn12. The summed E-state index contributed by atoms with van der Waals surface area (Å²) >= 11 is 0. The topological polar surface area (TPSA) is 76.5 Å². The summed E-state index contributed by atoms with van der Waals surface area (Å²) in [5.74, 6) is 0.360. The molecule has 0 saturated carbocycles. The minimum atomic E-state index is -0.511. The van der Waals surface area contributed by atoms with Gasteiger partial charge in [-0.15, -0.1) is 5.10 Å². The summed E-state index contributed by atoms with van der Waals surface area (Å²) in [6, 6.07) is 3.78. The van der Waals surface area contributed by atoms with E-state index in [-0.39, 0.29) is 0 Å². The van der Waals surface area contributed by atoms with Crippen LogP contribution in [0.3, 0.4) is 0 Å². The lowest BCUT2D eigenvalue weighted by Crippen LogP contribution is -2.21. The van der Waals surface area contributed by atoms with Gasteiger partial charge >= 0.3 is 0 Å². The summed E-state index contributed by atoms with van der Waals surface area (Å²) in [5, 5.41) is 4.42. The number of carbonyl (C=O) groups is 1. The smallest absolute Gasteiger partial charge is 0.269 e. The van der Waals surface area contributed by atoms with Crippen molar-refractivity contribution in [1.82, 2.24) is 14.6 Å². The van der Waals surface area contributed by atoms with Crippen LogP contribution < -0.4 is 10.6 Å². The second kappa shape index (κ2) is 3.73. The molecule has 2 aromatic heterocycles. The molecule has 0 bridgehead atoms. The first-order valence-corrected chi connectivity index (χ1v) is 5.65. The summed E-state index contributed by atoms with van der Waals surface area (Å²) in [6.07, 6.45) is 3.83. The van der Waals surface area contributed by atoms with Crippen LogP contribution in [0.25, 0.3) is 5.65 Å². The lowest BCUT2D eigenvalue weighted by Gasteiger charge is -2.15. The fourth-order valence-corrected chi connectivity index (χ4v) is 2.15. The van der Waals surface area contributed by atoms with Gasteiger partial charge in [0.25, 0.3) is 5.91 Å². The second-order valence-electron chi connectivity index (χ2n) is 4.16. The largest absolute Gasteiger partial charge is 0.364 e. The fraction of sp³-hybridized carbons (Fsp3) is 0.364. The summed E-state index contributed by atoms with van der Waals surface area (Å²) in [5.41, 5.74) is 6.24. The summed E-state index contributed by atoms with van der Waals surface area (Å²) in [6.45, 7) is 2.03. The van der Waals surface area contributed by atoms with Gasteiger partial charge in [0.15, 0.2) is 5.65 Å². The molecule has 3 rings (SSSR count). The maximum Gasteiger partial charge on any atom is 0.269 e. The zero-order valence-corrected chi connectivity index (χ0v) is 9.33. The first-order valence-electron chi connectivity index (χ1n) is 5.65. The molecule has 88 valence electrons. The van der Waals surface area contributed by atoms with E-state index in [9.17, 15) is 4.79 Å². The molecule has 1 amide bonds. The molecular weight excluding hydrogens is 218 g/mol. The van der Waals surface area contributed by atoms with Crippen LogP contribution in [0.5, 0.6) is 0 Å². The maximum atomic E-state index is 11.2. The van der Waals surface area contributed by atoms with Crippen molar-refractivity contribution in [2.75, 3.05) is 18.0 Å². The molecule has 2 aromatic rings. The predicted molar refractivity (Wildman–Crippen MR) is 63.0 cm³/mol. The third-order valence-electron chi connectivity index (χ3n) is 3.03. The van der Waals surface area contributed by atoms with Crippen LogP contribution in [-0.4, -0.2) is 33.6 Å². The van der Waals surface area contributed by atoms with Gasteiger partial charge in [-0.25, -0.2) is 9.50 Å².